The summed E-state index contributed by atoms with van der Waals surface area (Å²) in [5.74, 6) is 2.41. The Labute approximate surface area is 86.6 Å². The summed E-state index contributed by atoms with van der Waals surface area (Å²) in [4.78, 5) is 2.14. The number of terminal acetylenes is 1. The van der Waals surface area contributed by atoms with Crippen molar-refractivity contribution < 1.29 is 0 Å². The molecule has 0 unspecified atom stereocenters. The fourth-order valence-corrected chi connectivity index (χ4v) is 2.13. The van der Waals surface area contributed by atoms with E-state index in [0.29, 0.717) is 5.70 Å². The van der Waals surface area contributed by atoms with E-state index >= 15 is 0 Å². The van der Waals surface area contributed by atoms with E-state index in [-0.39, 0.29) is 0 Å². The summed E-state index contributed by atoms with van der Waals surface area (Å²) in [6.07, 6.45) is 10.5. The number of hydrogen-bond acceptors (Lipinski definition) is 2. The van der Waals surface area contributed by atoms with Crippen molar-refractivity contribution in [1.82, 2.24) is 0 Å². The van der Waals surface area contributed by atoms with Crippen LogP contribution in [0.25, 0.3) is 17.8 Å². The highest BCUT2D eigenvalue weighted by molar-refractivity contribution is 7.14. The van der Waals surface area contributed by atoms with Crippen LogP contribution in [0.2, 0.25) is 0 Å². The van der Waals surface area contributed by atoms with Crippen molar-refractivity contribution in [2.24, 2.45) is 5.73 Å². The third-order valence-corrected chi connectivity index (χ3v) is 2.98. The average Bonchev–Trinajstić information content (AvgIpc) is 2.61. The van der Waals surface area contributed by atoms with E-state index in [0.717, 1.165) is 15.3 Å². The van der Waals surface area contributed by atoms with Gasteiger partial charge in [0.05, 0.1) is 10.6 Å². The summed E-state index contributed by atoms with van der Waals surface area (Å²) < 4.78 is 0. The largest absolute Gasteiger partial charge is 0.397 e. The molecule has 1 heterocycles. The molecule has 0 saturated carbocycles. The molecule has 1 aliphatic carbocycles. The standard InChI is InChI=1S/C12H7NS/c1-2-5-10(13)12-8-9-6-3-4-7-11(9)14-12/h1,5-8H,13H2/b10-5-. The Kier molecular flexibility index (Phi) is 2.14. The number of thiophene rings is 1. The minimum Gasteiger partial charge on any atom is -0.397 e. The summed E-state index contributed by atoms with van der Waals surface area (Å²) in [5, 5.41) is 0. The molecule has 14 heavy (non-hydrogen) atoms. The summed E-state index contributed by atoms with van der Waals surface area (Å²) in [5.41, 5.74) is 13.3. The molecule has 0 fully saturated rings. The van der Waals surface area contributed by atoms with Crippen molar-refractivity contribution in [3.05, 3.63) is 38.9 Å². The first-order valence-corrected chi connectivity index (χ1v) is 4.86. The summed E-state index contributed by atoms with van der Waals surface area (Å²) >= 11 is 1.61. The van der Waals surface area contributed by atoms with Crippen LogP contribution >= 0.6 is 11.3 Å². The van der Waals surface area contributed by atoms with Gasteiger partial charge in [-0.05, 0) is 12.1 Å². The zero-order valence-electron chi connectivity index (χ0n) is 7.37. The Bertz CT molecular complexity index is 506. The predicted molar refractivity (Wildman–Crippen MR) is 61.3 cm³/mol. The van der Waals surface area contributed by atoms with Crippen LogP contribution in [0, 0.1) is 12.3 Å². The molecule has 1 aliphatic rings. The van der Waals surface area contributed by atoms with Gasteiger partial charge in [-0.3, -0.25) is 0 Å². The molecule has 0 saturated heterocycles. The molecule has 0 amide bonds. The molecule has 2 rings (SSSR count). The number of fused-ring (bicyclic) bond motifs is 1. The third-order valence-electron chi connectivity index (χ3n) is 1.83. The first kappa shape index (κ1) is 8.69. The van der Waals surface area contributed by atoms with E-state index in [4.69, 9.17) is 12.2 Å². The lowest BCUT2D eigenvalue weighted by atomic mass is 10.2. The van der Waals surface area contributed by atoms with Gasteiger partial charge < -0.3 is 5.73 Å². The Morgan fingerprint density at radius 1 is 1.50 bits per heavy atom. The van der Waals surface area contributed by atoms with E-state index in [9.17, 15) is 0 Å². The minimum atomic E-state index is 0.633. The number of hydrogen-bond donors (Lipinski definition) is 1. The van der Waals surface area contributed by atoms with Gasteiger partial charge >= 0.3 is 0 Å². The van der Waals surface area contributed by atoms with Crippen molar-refractivity contribution in [3.8, 4) is 12.3 Å². The Morgan fingerprint density at radius 3 is 3.00 bits per heavy atom. The maximum absolute atomic E-state index is 5.78. The van der Waals surface area contributed by atoms with Crippen LogP contribution in [0.5, 0.6) is 0 Å². The summed E-state index contributed by atoms with van der Waals surface area (Å²) in [6.45, 7) is 0. The van der Waals surface area contributed by atoms with Gasteiger partial charge in [0.25, 0.3) is 0 Å². The van der Waals surface area contributed by atoms with Crippen LogP contribution in [0.3, 0.4) is 0 Å². The molecule has 0 aromatic carbocycles. The van der Waals surface area contributed by atoms with Gasteiger partial charge in [0.1, 0.15) is 0 Å². The fourth-order valence-electron chi connectivity index (χ4n) is 1.17. The highest BCUT2D eigenvalue weighted by Crippen LogP contribution is 2.28. The second-order valence-electron chi connectivity index (χ2n) is 2.77. The zero-order chi connectivity index (χ0) is 9.97. The Morgan fingerprint density at radius 2 is 2.29 bits per heavy atom. The zero-order valence-corrected chi connectivity index (χ0v) is 8.19. The lowest BCUT2D eigenvalue weighted by molar-refractivity contribution is 1.61. The molecule has 0 bridgehead atoms. The fraction of sp³-hybridized carbons (Fsp3) is 0. The highest BCUT2D eigenvalue weighted by Gasteiger charge is 2.07. The first-order chi connectivity index (χ1) is 6.81. The Balaban J connectivity index is 2.47. The van der Waals surface area contributed by atoms with Gasteiger partial charge in [0.2, 0.25) is 0 Å². The quantitative estimate of drug-likeness (QED) is 0.551. The van der Waals surface area contributed by atoms with E-state index < -0.39 is 0 Å². The van der Waals surface area contributed by atoms with E-state index in [2.05, 4.69) is 17.4 Å². The van der Waals surface area contributed by atoms with Crippen LogP contribution < -0.4 is 5.73 Å². The predicted octanol–water partition coefficient (Wildman–Crippen LogP) is 2.47. The lowest BCUT2D eigenvalue weighted by Gasteiger charge is -1.91. The number of nitrogens with two attached hydrogens (primary N) is 1. The van der Waals surface area contributed by atoms with Crippen LogP contribution in [0.4, 0.5) is 0 Å². The highest BCUT2D eigenvalue weighted by atomic mass is 32.1. The molecule has 1 nitrogen and oxygen atoms in total. The maximum Gasteiger partial charge on any atom is 0.0574 e. The van der Waals surface area contributed by atoms with Gasteiger partial charge in [-0.2, -0.15) is 0 Å². The molecule has 2 heteroatoms. The smallest absolute Gasteiger partial charge is 0.0574 e. The molecule has 0 atom stereocenters. The molecule has 66 valence electrons. The molecule has 0 aliphatic heterocycles. The number of rotatable bonds is 1. The maximum atomic E-state index is 5.78. The molecule has 1 aromatic rings. The third kappa shape index (κ3) is 1.44. The lowest BCUT2D eigenvalue weighted by Crippen LogP contribution is -1.91. The second-order valence-corrected chi connectivity index (χ2v) is 3.86. The van der Waals surface area contributed by atoms with Gasteiger partial charge in [0, 0.05) is 22.6 Å². The van der Waals surface area contributed by atoms with Crippen molar-refractivity contribution in [3.63, 3.8) is 0 Å². The molecular formula is C12H7NS. The van der Waals surface area contributed by atoms with Gasteiger partial charge in [0.15, 0.2) is 0 Å². The first-order valence-electron chi connectivity index (χ1n) is 4.04. The number of allylic oxidation sites excluding steroid dienone is 1. The average molecular weight is 197 g/mol. The Hall–Kier alpha value is -1.90. The molecular weight excluding hydrogens is 190 g/mol. The SMILES string of the molecule is C#C/C=C(\N)c1cc2c(s1)C=C=C=C2. The van der Waals surface area contributed by atoms with Crippen LogP contribution in [0.1, 0.15) is 15.3 Å². The molecule has 1 aromatic heterocycles. The summed E-state index contributed by atoms with van der Waals surface area (Å²) in [6, 6.07) is 2.01. The van der Waals surface area contributed by atoms with Crippen LogP contribution in [0.15, 0.2) is 23.6 Å². The van der Waals surface area contributed by atoms with E-state index in [1.165, 1.54) is 0 Å². The van der Waals surface area contributed by atoms with E-state index in [1.807, 2.05) is 18.2 Å². The topological polar surface area (TPSA) is 26.0 Å². The van der Waals surface area contributed by atoms with E-state index in [1.54, 1.807) is 17.4 Å². The van der Waals surface area contributed by atoms with Crippen LogP contribution in [-0.2, 0) is 0 Å². The monoisotopic (exact) mass is 197 g/mol. The second kappa shape index (κ2) is 3.46. The van der Waals surface area contributed by atoms with Crippen molar-refractivity contribution >= 4 is 29.2 Å². The van der Waals surface area contributed by atoms with Gasteiger partial charge in [-0.1, -0.05) is 17.4 Å². The minimum absolute atomic E-state index is 0.633. The molecule has 0 radical (unpaired) electrons. The van der Waals surface area contributed by atoms with Crippen LogP contribution in [-0.4, -0.2) is 0 Å². The van der Waals surface area contributed by atoms with Crippen molar-refractivity contribution in [2.75, 3.05) is 0 Å². The van der Waals surface area contributed by atoms with Crippen molar-refractivity contribution in [1.29, 1.82) is 0 Å². The van der Waals surface area contributed by atoms with Crippen molar-refractivity contribution in [2.45, 2.75) is 0 Å². The normalized spacial score (nSPS) is 12.6. The van der Waals surface area contributed by atoms with Gasteiger partial charge in [-0.25, -0.2) is 0 Å². The van der Waals surface area contributed by atoms with Gasteiger partial charge in [-0.15, -0.1) is 17.8 Å². The molecule has 0 spiro atoms. The molecule has 2 N–H and O–H groups in total. The summed E-state index contributed by atoms with van der Waals surface area (Å²) in [7, 11) is 0.